The monoisotopic (exact) mass is 335 g/mol. The normalized spacial score (nSPS) is 8.42. The van der Waals surface area contributed by atoms with Gasteiger partial charge in [0.1, 0.15) is 5.40 Å². The third kappa shape index (κ3) is 59500. The Kier molecular flexibility index (Phi) is 16.7. The van der Waals surface area contributed by atoms with Gasteiger partial charge in [-0.3, -0.25) is 0 Å². The Hall–Kier alpha value is 0.119. The molecule has 0 saturated heterocycles. The van der Waals surface area contributed by atoms with Gasteiger partial charge in [0, 0.05) is 0 Å². The van der Waals surface area contributed by atoms with Gasteiger partial charge >= 0.3 is 56.1 Å². The first-order valence-electron chi connectivity index (χ1n) is 1.68. The second-order valence-electron chi connectivity index (χ2n) is 0.779. The second-order valence-corrected chi connectivity index (χ2v) is 3.83. The van der Waals surface area contributed by atoms with Crippen LogP contribution in [0.15, 0.2) is 0 Å². The molecule has 0 heterocycles. The van der Waals surface area contributed by atoms with Crippen LogP contribution in [0.5, 0.6) is 0 Å². The van der Waals surface area contributed by atoms with Crippen molar-refractivity contribution in [2.45, 2.75) is 0 Å². The molecule has 0 aromatic rings. The van der Waals surface area contributed by atoms with E-state index < -0.39 is 27.9 Å². The zero-order valence-electron chi connectivity index (χ0n) is 5.22. The van der Waals surface area contributed by atoms with E-state index in [1.165, 1.54) is 5.40 Å². The maximum absolute atomic E-state index is 8.82. The van der Waals surface area contributed by atoms with Crippen molar-refractivity contribution in [3.8, 4) is 5.40 Å². The maximum atomic E-state index is 8.82. The van der Waals surface area contributed by atoms with Crippen LogP contribution in [0.4, 0.5) is 0 Å². The van der Waals surface area contributed by atoms with Crippen LogP contribution in [0, 0.1) is 10.7 Å². The summed E-state index contributed by atoms with van der Waals surface area (Å²) < 4.78 is 55.0. The quantitative estimate of drug-likeness (QED) is 0.179. The molecule has 0 bridgehead atoms. The standard InChI is InChI=1S/CHNS.H2O4Se.H2O3Se/c2-1-3;1-5(2,3)4;1-4(2)3/h3H;(H2,1,2,3,4);(H2,1,2,3). The minimum atomic E-state index is -5.25. The van der Waals surface area contributed by atoms with E-state index in [9.17, 15) is 0 Å². The molecule has 0 aromatic heterocycles. The summed E-state index contributed by atoms with van der Waals surface area (Å²) in [7, 11) is 0. The van der Waals surface area contributed by atoms with E-state index in [1.807, 2.05) is 0 Å². The van der Waals surface area contributed by atoms with Crippen molar-refractivity contribution < 1.29 is 28.3 Å². The number of nitrogens with zero attached hydrogens (tertiary/aromatic N) is 1. The summed E-state index contributed by atoms with van der Waals surface area (Å²) >= 11 is -5.45. The van der Waals surface area contributed by atoms with Gasteiger partial charge in [0.25, 0.3) is 0 Å². The van der Waals surface area contributed by atoms with Crippen molar-refractivity contribution in [2.24, 2.45) is 0 Å². The van der Waals surface area contributed by atoms with Crippen LogP contribution in [0.3, 0.4) is 0 Å². The Morgan fingerprint density at radius 3 is 1.33 bits per heavy atom. The molecule has 0 aromatic carbocycles. The molecule has 8 nitrogen and oxygen atoms in total. The number of hydrogen-bond acceptors (Lipinski definition) is 5. The van der Waals surface area contributed by atoms with E-state index in [0.29, 0.717) is 0 Å². The van der Waals surface area contributed by atoms with Crippen LogP contribution in [0.1, 0.15) is 0 Å². The fourth-order valence-corrected chi connectivity index (χ4v) is 0. The van der Waals surface area contributed by atoms with Gasteiger partial charge in [-0.15, -0.1) is 0 Å². The summed E-state index contributed by atoms with van der Waals surface area (Å²) in [5, 5.41) is 8.63. The topological polar surface area (TPSA) is 156 Å². The van der Waals surface area contributed by atoms with Gasteiger partial charge in [-0.05, 0) is 0 Å². The predicted octanol–water partition coefficient (Wildman–Crippen LogP) is -2.95. The molecule has 0 aliphatic rings. The number of thiocyanates is 1. The minimum absolute atomic E-state index is 1.44. The first kappa shape index (κ1) is 18.0. The first-order chi connectivity index (χ1) is 5.15. The number of hydrogen-bond donors (Lipinski definition) is 5. The van der Waals surface area contributed by atoms with Gasteiger partial charge < -0.3 is 0 Å². The van der Waals surface area contributed by atoms with E-state index in [0.717, 1.165) is 0 Å². The predicted molar refractivity (Wildman–Crippen MR) is 37.0 cm³/mol. The van der Waals surface area contributed by atoms with Crippen LogP contribution < -0.4 is 0 Å². The second kappa shape index (κ2) is 11.1. The van der Waals surface area contributed by atoms with Gasteiger partial charge in [-0.25, -0.2) is 0 Å². The molecule has 0 aliphatic carbocycles. The van der Waals surface area contributed by atoms with Crippen molar-refractivity contribution in [1.82, 2.24) is 0 Å². The molecule has 0 rings (SSSR count). The van der Waals surface area contributed by atoms with E-state index in [2.05, 4.69) is 12.6 Å². The van der Waals surface area contributed by atoms with Gasteiger partial charge in [-0.2, -0.15) is 5.26 Å². The number of thiol groups is 1. The molecule has 0 spiro atoms. The van der Waals surface area contributed by atoms with E-state index >= 15 is 0 Å². The van der Waals surface area contributed by atoms with Crippen LogP contribution in [-0.4, -0.2) is 44.6 Å². The third-order valence-electron chi connectivity index (χ3n) is 0. The molecule has 0 unspecified atom stereocenters. The Morgan fingerprint density at radius 1 is 1.33 bits per heavy atom. The van der Waals surface area contributed by atoms with Gasteiger partial charge in [0.2, 0.25) is 0 Å². The molecule has 0 aliphatic heterocycles. The molecule has 0 saturated carbocycles. The molecular weight excluding hydrogens is 328 g/mol. The average molecular weight is 333 g/mol. The van der Waals surface area contributed by atoms with Crippen molar-refractivity contribution in [3.05, 3.63) is 0 Å². The fourth-order valence-electron chi connectivity index (χ4n) is 0. The molecule has 0 fully saturated rings. The summed E-state index contributed by atoms with van der Waals surface area (Å²) in [6.45, 7) is 0. The summed E-state index contributed by atoms with van der Waals surface area (Å²) in [6.07, 6.45) is 0. The number of rotatable bonds is 0. The van der Waals surface area contributed by atoms with Gasteiger partial charge in [0.05, 0.1) is 0 Å². The summed E-state index contributed by atoms with van der Waals surface area (Å²) in [5.74, 6) is 0. The Labute approximate surface area is 79.5 Å². The van der Waals surface area contributed by atoms with Gasteiger partial charge in [-0.1, -0.05) is 12.6 Å². The Morgan fingerprint density at radius 2 is 1.33 bits per heavy atom. The fraction of sp³-hybridized carbons (Fsp3) is 0. The first-order valence-corrected chi connectivity index (χ1v) is 7.29. The molecule has 74 valence electrons. The van der Waals surface area contributed by atoms with Crippen LogP contribution in [0.25, 0.3) is 0 Å². The van der Waals surface area contributed by atoms with E-state index in [1.54, 1.807) is 0 Å². The molecule has 11 heteroatoms. The summed E-state index contributed by atoms with van der Waals surface area (Å²) in [6, 6.07) is 0. The van der Waals surface area contributed by atoms with Crippen molar-refractivity contribution >= 4 is 40.5 Å². The number of nitriles is 1. The van der Waals surface area contributed by atoms with E-state index in [4.69, 9.17) is 33.5 Å². The van der Waals surface area contributed by atoms with E-state index in [-0.39, 0.29) is 0 Å². The van der Waals surface area contributed by atoms with Crippen molar-refractivity contribution in [3.63, 3.8) is 0 Å². The summed E-state index contributed by atoms with van der Waals surface area (Å²) in [4.78, 5) is 0. The SMILES string of the molecule is N#CS.O=[Se](=O)(O)O.O=[Se](O)O. The zero-order chi connectivity index (χ0) is 10.8. The molecule has 4 N–H and O–H groups in total. The Balaban J connectivity index is -0.000000105. The molecule has 0 atom stereocenters. The van der Waals surface area contributed by atoms with Crippen LogP contribution in [-0.2, 0) is 11.5 Å². The van der Waals surface area contributed by atoms with Crippen molar-refractivity contribution in [2.75, 3.05) is 0 Å². The van der Waals surface area contributed by atoms with Crippen LogP contribution in [0.2, 0.25) is 0 Å². The Bertz CT molecular complexity index is 227. The molecule has 12 heavy (non-hydrogen) atoms. The zero-order valence-corrected chi connectivity index (χ0v) is 9.55. The average Bonchev–Trinajstić information content (AvgIpc) is 1.56. The van der Waals surface area contributed by atoms with Gasteiger partial charge in [0.15, 0.2) is 0 Å². The van der Waals surface area contributed by atoms with Crippen molar-refractivity contribution in [1.29, 1.82) is 5.26 Å². The molecular formula is CH5NO7SSe2. The van der Waals surface area contributed by atoms with Crippen LogP contribution >= 0.6 is 12.6 Å². The molecule has 0 radical (unpaired) electrons. The third-order valence-corrected chi connectivity index (χ3v) is 0. The summed E-state index contributed by atoms with van der Waals surface area (Å²) in [5.41, 5.74) is 0. The molecule has 0 amide bonds.